The molecule has 1 aromatic carbocycles. The van der Waals surface area contributed by atoms with Gasteiger partial charge in [-0.25, -0.2) is 18.7 Å². The first kappa shape index (κ1) is 20.0. The molecule has 2 aliphatic rings. The van der Waals surface area contributed by atoms with Gasteiger partial charge in [0, 0.05) is 57.2 Å². The summed E-state index contributed by atoms with van der Waals surface area (Å²) in [6.45, 7) is 4.84. The van der Waals surface area contributed by atoms with Crippen LogP contribution in [-0.4, -0.2) is 65.3 Å². The van der Waals surface area contributed by atoms with Gasteiger partial charge in [-0.15, -0.1) is 0 Å². The van der Waals surface area contributed by atoms with Crippen molar-refractivity contribution in [2.75, 3.05) is 49.6 Å². The normalized spacial score (nSPS) is 19.8. The van der Waals surface area contributed by atoms with Crippen LogP contribution in [0.1, 0.15) is 12.0 Å². The number of hydrogen-bond donors (Lipinski definition) is 1. The van der Waals surface area contributed by atoms with Crippen LogP contribution in [0.25, 0.3) is 11.0 Å². The smallest absolute Gasteiger partial charge is 0.172 e. The Hall–Kier alpha value is -2.91. The van der Waals surface area contributed by atoms with Crippen LogP contribution in [0.2, 0.25) is 0 Å². The number of aromatic nitrogens is 3. The van der Waals surface area contributed by atoms with Crippen molar-refractivity contribution in [2.24, 2.45) is 0 Å². The quantitative estimate of drug-likeness (QED) is 0.673. The highest BCUT2D eigenvalue weighted by Crippen LogP contribution is 2.27. The average molecular weight is 426 g/mol. The van der Waals surface area contributed by atoms with Gasteiger partial charge in [-0.2, -0.15) is 0 Å². The number of nitrogens with one attached hydrogen (secondary N) is 1. The minimum atomic E-state index is -0.552. The van der Waals surface area contributed by atoms with Gasteiger partial charge in [0.05, 0.1) is 24.4 Å². The van der Waals surface area contributed by atoms with Crippen LogP contribution in [0, 0.1) is 11.6 Å². The first-order chi connectivity index (χ1) is 15.2. The van der Waals surface area contributed by atoms with Gasteiger partial charge in [0.15, 0.2) is 11.6 Å². The zero-order valence-corrected chi connectivity index (χ0v) is 17.1. The highest BCUT2D eigenvalue weighted by molar-refractivity contribution is 5.79. The molecule has 1 N–H and O–H groups in total. The minimum Gasteiger partial charge on any atom is -0.379 e. The molecule has 3 aromatic rings. The standard InChI is InChI=1S/C22H24F2N6O/c23-16-2-1-15(18(24)11-16)13-29-6-8-30(9-7-29)22-21(26-17-4-10-31-14-17)27-20-12-25-5-3-19(20)28-22/h1-3,5,11-12,17H,4,6-10,13-14H2,(H,26,27)/t17-/m0/s1. The Morgan fingerprint density at radius 2 is 1.94 bits per heavy atom. The predicted molar refractivity (Wildman–Crippen MR) is 114 cm³/mol. The van der Waals surface area contributed by atoms with E-state index in [9.17, 15) is 8.78 Å². The monoisotopic (exact) mass is 426 g/mol. The van der Waals surface area contributed by atoms with Crippen LogP contribution in [0.3, 0.4) is 0 Å². The highest BCUT2D eigenvalue weighted by atomic mass is 19.1. The van der Waals surface area contributed by atoms with E-state index in [0.29, 0.717) is 18.7 Å². The van der Waals surface area contributed by atoms with Crippen molar-refractivity contribution in [1.29, 1.82) is 0 Å². The number of pyridine rings is 1. The fourth-order valence-electron chi connectivity index (χ4n) is 4.06. The Morgan fingerprint density at radius 1 is 1.06 bits per heavy atom. The number of nitrogens with zero attached hydrogens (tertiary/aromatic N) is 5. The summed E-state index contributed by atoms with van der Waals surface area (Å²) in [4.78, 5) is 18.2. The van der Waals surface area contributed by atoms with Gasteiger partial charge in [-0.1, -0.05) is 6.07 Å². The second-order valence-corrected chi connectivity index (χ2v) is 7.96. The lowest BCUT2D eigenvalue weighted by Crippen LogP contribution is -2.46. The molecular weight excluding hydrogens is 402 g/mol. The molecule has 2 saturated heterocycles. The molecule has 0 unspecified atom stereocenters. The Bertz CT molecular complexity index is 1070. The number of hydrogen-bond acceptors (Lipinski definition) is 7. The summed E-state index contributed by atoms with van der Waals surface area (Å²) in [6, 6.07) is 5.84. The van der Waals surface area contributed by atoms with Crippen molar-refractivity contribution in [3.05, 3.63) is 53.9 Å². The molecule has 7 nitrogen and oxygen atoms in total. The molecule has 1 atom stereocenters. The van der Waals surface area contributed by atoms with E-state index < -0.39 is 11.6 Å². The van der Waals surface area contributed by atoms with Crippen LogP contribution in [0.4, 0.5) is 20.4 Å². The Balaban J connectivity index is 1.33. The van der Waals surface area contributed by atoms with Crippen LogP contribution in [-0.2, 0) is 11.3 Å². The summed E-state index contributed by atoms with van der Waals surface area (Å²) in [7, 11) is 0. The summed E-state index contributed by atoms with van der Waals surface area (Å²) < 4.78 is 32.7. The molecule has 0 spiro atoms. The third-order valence-electron chi connectivity index (χ3n) is 5.80. The molecule has 0 aliphatic carbocycles. The third-order valence-corrected chi connectivity index (χ3v) is 5.80. The van der Waals surface area contributed by atoms with Crippen LogP contribution < -0.4 is 10.2 Å². The fourth-order valence-corrected chi connectivity index (χ4v) is 4.06. The van der Waals surface area contributed by atoms with Crippen molar-refractivity contribution in [1.82, 2.24) is 19.9 Å². The lowest BCUT2D eigenvalue weighted by atomic mass is 10.1. The van der Waals surface area contributed by atoms with Gasteiger partial charge in [0.25, 0.3) is 0 Å². The van der Waals surface area contributed by atoms with Crippen molar-refractivity contribution in [2.45, 2.75) is 19.0 Å². The summed E-state index contributed by atoms with van der Waals surface area (Å²) in [5.74, 6) is 0.512. The maximum absolute atomic E-state index is 14.0. The summed E-state index contributed by atoms with van der Waals surface area (Å²) in [5.41, 5.74) is 2.06. The second kappa shape index (κ2) is 8.68. The van der Waals surface area contributed by atoms with Crippen molar-refractivity contribution in [3.63, 3.8) is 0 Å². The van der Waals surface area contributed by atoms with E-state index >= 15 is 0 Å². The number of rotatable bonds is 5. The molecule has 9 heteroatoms. The molecule has 0 saturated carbocycles. The van der Waals surface area contributed by atoms with Gasteiger partial charge in [-0.05, 0) is 18.6 Å². The average Bonchev–Trinajstić information content (AvgIpc) is 3.29. The molecule has 2 aromatic heterocycles. The zero-order chi connectivity index (χ0) is 21.2. The molecule has 0 amide bonds. The Kier molecular flexibility index (Phi) is 5.61. The number of halogens is 2. The molecule has 162 valence electrons. The highest BCUT2D eigenvalue weighted by Gasteiger charge is 2.25. The van der Waals surface area contributed by atoms with Gasteiger partial charge in [-0.3, -0.25) is 9.88 Å². The number of ether oxygens (including phenoxy) is 1. The largest absolute Gasteiger partial charge is 0.379 e. The fraction of sp³-hybridized carbons (Fsp3) is 0.409. The minimum absolute atomic E-state index is 0.213. The molecular formula is C22H24F2N6O. The topological polar surface area (TPSA) is 66.4 Å². The van der Waals surface area contributed by atoms with Gasteiger partial charge in [0.1, 0.15) is 17.2 Å². The van der Waals surface area contributed by atoms with E-state index in [1.807, 2.05) is 6.07 Å². The lowest BCUT2D eigenvalue weighted by molar-refractivity contribution is 0.195. The summed E-state index contributed by atoms with van der Waals surface area (Å²) in [5, 5.41) is 3.50. The molecule has 2 aliphatic heterocycles. The van der Waals surface area contributed by atoms with Crippen LogP contribution >= 0.6 is 0 Å². The van der Waals surface area contributed by atoms with Gasteiger partial charge < -0.3 is 15.0 Å². The number of piperazine rings is 1. The van der Waals surface area contributed by atoms with E-state index in [-0.39, 0.29) is 6.04 Å². The number of anilines is 2. The molecule has 0 radical (unpaired) electrons. The Morgan fingerprint density at radius 3 is 2.71 bits per heavy atom. The molecule has 2 fully saturated rings. The first-order valence-electron chi connectivity index (χ1n) is 10.5. The lowest BCUT2D eigenvalue weighted by Gasteiger charge is -2.36. The van der Waals surface area contributed by atoms with Crippen LogP contribution in [0.5, 0.6) is 0 Å². The van der Waals surface area contributed by atoms with Gasteiger partial charge in [0.2, 0.25) is 0 Å². The van der Waals surface area contributed by atoms with Crippen molar-refractivity contribution < 1.29 is 13.5 Å². The summed E-state index contributed by atoms with van der Waals surface area (Å²) >= 11 is 0. The molecule has 4 heterocycles. The third kappa shape index (κ3) is 4.42. The van der Waals surface area contributed by atoms with Crippen LogP contribution in [0.15, 0.2) is 36.7 Å². The van der Waals surface area contributed by atoms with Gasteiger partial charge >= 0.3 is 0 Å². The molecule has 0 bridgehead atoms. The SMILES string of the molecule is Fc1ccc(CN2CCN(c3nc4ccncc4nc3N[C@H]3CCOC3)CC2)c(F)c1. The number of benzene rings is 1. The zero-order valence-electron chi connectivity index (χ0n) is 17.1. The predicted octanol–water partition coefficient (Wildman–Crippen LogP) is 2.83. The van der Waals surface area contributed by atoms with E-state index in [1.165, 1.54) is 12.1 Å². The van der Waals surface area contributed by atoms with E-state index in [0.717, 1.165) is 67.9 Å². The first-order valence-corrected chi connectivity index (χ1v) is 10.5. The van der Waals surface area contributed by atoms with E-state index in [4.69, 9.17) is 14.7 Å². The van der Waals surface area contributed by atoms with Crippen molar-refractivity contribution >= 4 is 22.7 Å². The second-order valence-electron chi connectivity index (χ2n) is 7.96. The molecule has 5 rings (SSSR count). The molecule has 31 heavy (non-hydrogen) atoms. The number of fused-ring (bicyclic) bond motifs is 1. The maximum atomic E-state index is 14.0. The maximum Gasteiger partial charge on any atom is 0.172 e. The Labute approximate surface area is 179 Å². The van der Waals surface area contributed by atoms with E-state index in [1.54, 1.807) is 12.4 Å². The van der Waals surface area contributed by atoms with Crippen molar-refractivity contribution in [3.8, 4) is 0 Å². The van der Waals surface area contributed by atoms with E-state index in [2.05, 4.69) is 20.1 Å². The summed E-state index contributed by atoms with van der Waals surface area (Å²) in [6.07, 6.45) is 4.37.